The molecule has 1 aliphatic carbocycles. The standard InChI is InChI=1S/C28H26F4N2O3/c29-24-14-11-22(28(30,31)32)16-25(24)34-27(37)33-23-12-9-21(10-13-23)20-7-5-19(6-8-20)18-3-1-17(2-4-18)15-26(35)36/h5-14,16-18H,1-4,15H2,(H,35,36)(H2,33,34,37). The second-order valence-electron chi connectivity index (χ2n) is 9.29. The summed E-state index contributed by atoms with van der Waals surface area (Å²) in [4.78, 5) is 23.1. The lowest BCUT2D eigenvalue weighted by atomic mass is 9.77. The largest absolute Gasteiger partial charge is 0.481 e. The van der Waals surface area contributed by atoms with Crippen LogP contribution in [0, 0.1) is 11.7 Å². The highest BCUT2D eigenvalue weighted by Gasteiger charge is 2.31. The zero-order chi connectivity index (χ0) is 26.6. The highest BCUT2D eigenvalue weighted by molar-refractivity contribution is 6.00. The number of aliphatic carboxylic acids is 1. The number of carbonyl (C=O) groups is 2. The van der Waals surface area contributed by atoms with Crippen LogP contribution in [0.4, 0.5) is 33.7 Å². The SMILES string of the molecule is O=C(O)CC1CCC(c2ccc(-c3ccc(NC(=O)Nc4cc(C(F)(F)F)ccc4F)cc3)cc2)CC1. The van der Waals surface area contributed by atoms with Crippen LogP contribution < -0.4 is 10.6 Å². The van der Waals surface area contributed by atoms with E-state index in [2.05, 4.69) is 22.8 Å². The number of carbonyl (C=O) groups excluding carboxylic acids is 1. The fraction of sp³-hybridized carbons (Fsp3) is 0.286. The summed E-state index contributed by atoms with van der Waals surface area (Å²) in [6.07, 6.45) is -0.632. The normalized spacial score (nSPS) is 17.7. The number of carboxylic acid groups (broad SMARTS) is 1. The molecule has 1 saturated carbocycles. The van der Waals surface area contributed by atoms with Gasteiger partial charge in [0, 0.05) is 12.1 Å². The third-order valence-corrected chi connectivity index (χ3v) is 6.71. The number of anilines is 2. The molecule has 0 heterocycles. The van der Waals surface area contributed by atoms with E-state index >= 15 is 0 Å². The number of hydrogen-bond acceptors (Lipinski definition) is 2. The number of halogens is 4. The fourth-order valence-corrected chi connectivity index (χ4v) is 4.72. The molecule has 1 aliphatic rings. The van der Waals surface area contributed by atoms with Crippen molar-refractivity contribution in [3.8, 4) is 11.1 Å². The van der Waals surface area contributed by atoms with Crippen molar-refractivity contribution in [1.82, 2.24) is 0 Å². The van der Waals surface area contributed by atoms with E-state index in [9.17, 15) is 27.2 Å². The lowest BCUT2D eigenvalue weighted by molar-refractivity contribution is -0.139. The minimum absolute atomic E-state index is 0.236. The van der Waals surface area contributed by atoms with Crippen LogP contribution in [0.5, 0.6) is 0 Å². The van der Waals surface area contributed by atoms with Crippen LogP contribution in [0.15, 0.2) is 66.7 Å². The Morgan fingerprint density at radius 2 is 1.43 bits per heavy atom. The van der Waals surface area contributed by atoms with Gasteiger partial charge in [0.2, 0.25) is 0 Å². The Labute approximate surface area is 211 Å². The minimum atomic E-state index is -4.66. The second-order valence-corrected chi connectivity index (χ2v) is 9.29. The molecule has 0 saturated heterocycles. The number of alkyl halides is 3. The lowest BCUT2D eigenvalue weighted by Crippen LogP contribution is -2.20. The predicted octanol–water partition coefficient (Wildman–Crippen LogP) is 7.90. The van der Waals surface area contributed by atoms with Gasteiger partial charge < -0.3 is 15.7 Å². The first-order valence-corrected chi connectivity index (χ1v) is 12.0. The third kappa shape index (κ3) is 6.87. The van der Waals surface area contributed by atoms with Crippen LogP contribution in [0.3, 0.4) is 0 Å². The Kier molecular flexibility index (Phi) is 7.80. The van der Waals surface area contributed by atoms with Gasteiger partial charge in [-0.25, -0.2) is 9.18 Å². The summed E-state index contributed by atoms with van der Waals surface area (Å²) in [5.41, 5.74) is 1.87. The topological polar surface area (TPSA) is 78.4 Å². The highest BCUT2D eigenvalue weighted by atomic mass is 19.4. The summed E-state index contributed by atoms with van der Waals surface area (Å²) in [6.45, 7) is 0. The average Bonchev–Trinajstić information content (AvgIpc) is 2.85. The molecule has 4 rings (SSSR count). The van der Waals surface area contributed by atoms with Gasteiger partial charge in [0.25, 0.3) is 0 Å². The van der Waals surface area contributed by atoms with Gasteiger partial charge >= 0.3 is 18.2 Å². The Morgan fingerprint density at radius 3 is 2.00 bits per heavy atom. The molecule has 3 aromatic carbocycles. The molecule has 0 atom stereocenters. The van der Waals surface area contributed by atoms with Crippen molar-refractivity contribution in [3.05, 3.63) is 83.7 Å². The molecule has 5 nitrogen and oxygen atoms in total. The number of urea groups is 1. The Hall–Kier alpha value is -3.88. The molecule has 0 aromatic heterocycles. The van der Waals surface area contributed by atoms with Crippen molar-refractivity contribution < 1.29 is 32.3 Å². The zero-order valence-corrected chi connectivity index (χ0v) is 19.8. The first-order chi connectivity index (χ1) is 17.6. The van der Waals surface area contributed by atoms with Gasteiger partial charge in [-0.3, -0.25) is 4.79 Å². The molecule has 3 N–H and O–H groups in total. The van der Waals surface area contributed by atoms with Crippen LogP contribution in [0.25, 0.3) is 11.1 Å². The maximum absolute atomic E-state index is 13.9. The van der Waals surface area contributed by atoms with Crippen LogP contribution in [-0.2, 0) is 11.0 Å². The van der Waals surface area contributed by atoms with Gasteiger partial charge in [-0.2, -0.15) is 13.2 Å². The maximum atomic E-state index is 13.9. The number of amides is 2. The van der Waals surface area contributed by atoms with Gasteiger partial charge in [0.1, 0.15) is 5.82 Å². The van der Waals surface area contributed by atoms with E-state index in [4.69, 9.17) is 5.11 Å². The quantitative estimate of drug-likeness (QED) is 0.293. The van der Waals surface area contributed by atoms with Crippen molar-refractivity contribution in [1.29, 1.82) is 0 Å². The summed E-state index contributed by atoms with van der Waals surface area (Å²) in [5.74, 6) is -1.04. The van der Waals surface area contributed by atoms with Gasteiger partial charge in [-0.15, -0.1) is 0 Å². The lowest BCUT2D eigenvalue weighted by Gasteiger charge is -2.28. The van der Waals surface area contributed by atoms with E-state index in [1.807, 2.05) is 12.1 Å². The first kappa shape index (κ1) is 26.2. The Bertz CT molecular complexity index is 1250. The molecule has 0 radical (unpaired) electrons. The molecule has 0 bridgehead atoms. The van der Waals surface area contributed by atoms with Crippen molar-refractivity contribution >= 4 is 23.4 Å². The summed E-state index contributed by atoms with van der Waals surface area (Å²) in [5, 5.41) is 13.6. The van der Waals surface area contributed by atoms with E-state index in [0.717, 1.165) is 36.8 Å². The van der Waals surface area contributed by atoms with E-state index in [1.54, 1.807) is 24.3 Å². The smallest absolute Gasteiger partial charge is 0.416 e. The van der Waals surface area contributed by atoms with Crippen LogP contribution in [0.1, 0.15) is 49.1 Å². The summed E-state index contributed by atoms with van der Waals surface area (Å²) < 4.78 is 52.5. The second kappa shape index (κ2) is 11.0. The highest BCUT2D eigenvalue weighted by Crippen LogP contribution is 2.38. The van der Waals surface area contributed by atoms with Crippen molar-refractivity contribution in [3.63, 3.8) is 0 Å². The average molecular weight is 515 g/mol. The molecular formula is C28H26F4N2O3. The van der Waals surface area contributed by atoms with Crippen LogP contribution in [0.2, 0.25) is 0 Å². The van der Waals surface area contributed by atoms with Crippen molar-refractivity contribution in [2.24, 2.45) is 5.92 Å². The maximum Gasteiger partial charge on any atom is 0.416 e. The number of benzene rings is 3. The van der Waals surface area contributed by atoms with Gasteiger partial charge in [-0.1, -0.05) is 36.4 Å². The molecule has 3 aromatic rings. The van der Waals surface area contributed by atoms with Gasteiger partial charge in [0.15, 0.2) is 0 Å². The number of carboxylic acids is 1. The summed E-state index contributed by atoms with van der Waals surface area (Å²) in [7, 11) is 0. The van der Waals surface area contributed by atoms with Crippen LogP contribution >= 0.6 is 0 Å². The van der Waals surface area contributed by atoms with E-state index in [0.29, 0.717) is 29.8 Å². The molecule has 9 heteroatoms. The van der Waals surface area contributed by atoms with Crippen molar-refractivity contribution in [2.45, 2.75) is 44.2 Å². The van der Waals surface area contributed by atoms with Crippen molar-refractivity contribution in [2.75, 3.05) is 10.6 Å². The van der Waals surface area contributed by atoms with E-state index in [-0.39, 0.29) is 12.3 Å². The van der Waals surface area contributed by atoms with Gasteiger partial charge in [-0.05, 0) is 84.5 Å². The van der Waals surface area contributed by atoms with Gasteiger partial charge in [0.05, 0.1) is 11.3 Å². The zero-order valence-electron chi connectivity index (χ0n) is 19.8. The number of nitrogens with one attached hydrogen (secondary N) is 2. The summed E-state index contributed by atoms with van der Waals surface area (Å²) >= 11 is 0. The minimum Gasteiger partial charge on any atom is -0.481 e. The molecule has 0 spiro atoms. The third-order valence-electron chi connectivity index (χ3n) is 6.71. The predicted molar refractivity (Wildman–Crippen MR) is 133 cm³/mol. The molecule has 0 aliphatic heterocycles. The molecule has 194 valence electrons. The van der Waals surface area contributed by atoms with E-state index in [1.165, 1.54) is 5.56 Å². The molecule has 37 heavy (non-hydrogen) atoms. The molecule has 2 amide bonds. The van der Waals surface area contributed by atoms with E-state index < -0.39 is 35.2 Å². The Morgan fingerprint density at radius 1 is 0.838 bits per heavy atom. The monoisotopic (exact) mass is 514 g/mol. The Balaban J connectivity index is 1.34. The molecular weight excluding hydrogens is 488 g/mol. The molecule has 1 fully saturated rings. The fourth-order valence-electron chi connectivity index (χ4n) is 4.72. The number of hydrogen-bond donors (Lipinski definition) is 3. The first-order valence-electron chi connectivity index (χ1n) is 12.0. The van der Waals surface area contributed by atoms with Crippen LogP contribution in [-0.4, -0.2) is 17.1 Å². The summed E-state index contributed by atoms with van der Waals surface area (Å²) in [6, 6.07) is 16.0. The number of rotatable bonds is 6. The molecule has 0 unspecified atom stereocenters.